The minimum atomic E-state index is -3.61. The molecule has 9 nitrogen and oxygen atoms in total. The highest BCUT2D eigenvalue weighted by molar-refractivity contribution is 7.92. The third-order valence-corrected chi connectivity index (χ3v) is 11.6. The van der Waals surface area contributed by atoms with Gasteiger partial charge in [-0.15, -0.1) is 0 Å². The van der Waals surface area contributed by atoms with Gasteiger partial charge < -0.3 is 21.1 Å². The number of aliphatic hydroxyl groups excluding tert-OH is 1. The third-order valence-electron chi connectivity index (χ3n) is 9.46. The molecule has 6 atom stereocenters. The summed E-state index contributed by atoms with van der Waals surface area (Å²) in [6, 6.07) is 7.58. The third kappa shape index (κ3) is 9.99. The van der Waals surface area contributed by atoms with Crippen LogP contribution in [-0.4, -0.2) is 90.6 Å². The number of carbonyl (C=O) groups is 2. The number of amides is 2. The molecule has 0 spiro atoms. The van der Waals surface area contributed by atoms with Crippen molar-refractivity contribution in [3.63, 3.8) is 0 Å². The number of nitrogens with one attached hydrogen (secondary N) is 3. The zero-order chi connectivity index (χ0) is 32.9. The first-order valence-electron chi connectivity index (χ1n) is 16.4. The quantitative estimate of drug-likeness (QED) is 0.262. The van der Waals surface area contributed by atoms with Gasteiger partial charge in [-0.25, -0.2) is 8.42 Å². The van der Waals surface area contributed by atoms with Gasteiger partial charge in [0.15, 0.2) is 9.84 Å². The van der Waals surface area contributed by atoms with Gasteiger partial charge in [0.05, 0.1) is 22.9 Å². The number of aliphatic hydroxyl groups is 1. The Morgan fingerprint density at radius 3 is 2.20 bits per heavy atom. The molecule has 4 N–H and O–H groups in total. The second kappa shape index (κ2) is 15.1. The molecule has 1 aromatic rings. The second-order valence-electron chi connectivity index (χ2n) is 15.2. The summed E-state index contributed by atoms with van der Waals surface area (Å²) in [6.07, 6.45) is 5.92. The fourth-order valence-electron chi connectivity index (χ4n) is 6.63. The zero-order valence-corrected chi connectivity index (χ0v) is 29.0. The lowest BCUT2D eigenvalue weighted by Crippen LogP contribution is -2.63. The number of hydrogen-bond acceptors (Lipinski definition) is 7. The van der Waals surface area contributed by atoms with Gasteiger partial charge in [-0.1, -0.05) is 63.4 Å². The van der Waals surface area contributed by atoms with Crippen LogP contribution in [0.25, 0.3) is 0 Å². The molecule has 0 radical (unpaired) electrons. The molecule has 1 saturated heterocycles. The first kappa shape index (κ1) is 36.5. The fraction of sp³-hybridized carbons (Fsp3) is 0.765. The number of benzene rings is 1. The van der Waals surface area contributed by atoms with Crippen molar-refractivity contribution in [2.75, 3.05) is 25.9 Å². The number of likely N-dealkylation sites (tertiary alicyclic amines) is 1. The van der Waals surface area contributed by atoms with Crippen molar-refractivity contribution < 1.29 is 23.1 Å². The Labute approximate surface area is 266 Å². The van der Waals surface area contributed by atoms with Crippen molar-refractivity contribution in [3.05, 3.63) is 35.9 Å². The standard InChI is InChI=1S/C34H58N4O5S/c1-23(2)20-35-30(34(6,7)44(8,42)43)32(41)36-27(18-24-14-10-9-11-15-24)29(39)22-38-21-26-17-13-12-16-25(26)19-28(38)31(40)37-33(3,4)5/h9-11,14-15,23,25-30,35,39H,12-13,16-22H2,1-8H3,(H,36,41)(H,37,40)/t25-,26+,27-,28-,29+,30+/m0/s1. The first-order valence-corrected chi connectivity index (χ1v) is 18.3. The van der Waals surface area contributed by atoms with Gasteiger partial charge >= 0.3 is 0 Å². The van der Waals surface area contributed by atoms with Gasteiger partial charge in [-0.3, -0.25) is 14.5 Å². The van der Waals surface area contributed by atoms with Gasteiger partial charge in [0.2, 0.25) is 11.8 Å². The number of sulfone groups is 1. The number of rotatable bonds is 13. The van der Waals surface area contributed by atoms with E-state index in [1.165, 1.54) is 12.8 Å². The lowest BCUT2D eigenvalue weighted by atomic mass is 9.72. The molecule has 2 fully saturated rings. The predicted molar refractivity (Wildman–Crippen MR) is 177 cm³/mol. The summed E-state index contributed by atoms with van der Waals surface area (Å²) in [4.78, 5) is 29.6. The van der Waals surface area contributed by atoms with Gasteiger partial charge in [0.25, 0.3) is 0 Å². The van der Waals surface area contributed by atoms with Crippen molar-refractivity contribution >= 4 is 21.7 Å². The molecule has 0 bridgehead atoms. The monoisotopic (exact) mass is 634 g/mol. The highest BCUT2D eigenvalue weighted by atomic mass is 32.2. The van der Waals surface area contributed by atoms with E-state index in [1.807, 2.05) is 65.0 Å². The minimum absolute atomic E-state index is 0.0229. The van der Waals surface area contributed by atoms with E-state index in [9.17, 15) is 23.1 Å². The Kier molecular flexibility index (Phi) is 12.5. The molecular formula is C34H58N4O5S. The molecule has 250 valence electrons. The van der Waals surface area contributed by atoms with Crippen molar-refractivity contribution in [1.29, 1.82) is 0 Å². The van der Waals surface area contributed by atoms with Crippen LogP contribution in [-0.2, 0) is 25.8 Å². The maximum atomic E-state index is 13.9. The van der Waals surface area contributed by atoms with E-state index in [0.29, 0.717) is 24.8 Å². The van der Waals surface area contributed by atoms with Crippen LogP contribution >= 0.6 is 0 Å². The summed E-state index contributed by atoms with van der Waals surface area (Å²) in [5.74, 6) is 0.695. The average molecular weight is 635 g/mol. The normalized spacial score (nSPS) is 23.8. The first-order chi connectivity index (χ1) is 20.4. The van der Waals surface area contributed by atoms with Crippen LogP contribution in [0.4, 0.5) is 0 Å². The molecule has 44 heavy (non-hydrogen) atoms. The maximum absolute atomic E-state index is 13.9. The van der Waals surface area contributed by atoms with Crippen molar-refractivity contribution in [2.45, 2.75) is 122 Å². The fourth-order valence-corrected chi connectivity index (χ4v) is 7.25. The summed E-state index contributed by atoms with van der Waals surface area (Å²) in [6.45, 7) is 14.5. The molecule has 3 rings (SSSR count). The van der Waals surface area contributed by atoms with E-state index in [0.717, 1.165) is 37.6 Å². The van der Waals surface area contributed by atoms with Crippen molar-refractivity contribution in [3.8, 4) is 0 Å². The van der Waals surface area contributed by atoms with Gasteiger partial charge in [-0.2, -0.15) is 0 Å². The smallest absolute Gasteiger partial charge is 0.239 e. The molecule has 1 saturated carbocycles. The SMILES string of the molecule is CC(C)CN[C@H](C(=O)N[C@@H](Cc1ccccc1)[C@H](O)CN1C[C@H]2CCCC[C@H]2C[C@H]1C(=O)NC(C)(C)C)C(C)(C)S(C)(=O)=O. The number of fused-ring (bicyclic) bond motifs is 1. The van der Waals surface area contributed by atoms with E-state index in [2.05, 4.69) is 20.9 Å². The average Bonchev–Trinajstić information content (AvgIpc) is 2.91. The van der Waals surface area contributed by atoms with Crippen LogP contribution in [0, 0.1) is 17.8 Å². The van der Waals surface area contributed by atoms with E-state index in [1.54, 1.807) is 13.8 Å². The van der Waals surface area contributed by atoms with Crippen LogP contribution in [0.5, 0.6) is 0 Å². The largest absolute Gasteiger partial charge is 0.390 e. The van der Waals surface area contributed by atoms with Gasteiger partial charge in [0.1, 0.15) is 6.04 Å². The lowest BCUT2D eigenvalue weighted by molar-refractivity contribution is -0.133. The van der Waals surface area contributed by atoms with Crippen LogP contribution in [0.3, 0.4) is 0 Å². The molecule has 2 amide bonds. The summed E-state index contributed by atoms with van der Waals surface area (Å²) < 4.78 is 24.3. The number of piperidine rings is 1. The van der Waals surface area contributed by atoms with E-state index in [4.69, 9.17) is 0 Å². The minimum Gasteiger partial charge on any atom is -0.390 e. The number of β-amino-alcohol motifs (C(OH)–C–C–N with tert-alkyl or cyclic N) is 1. The Bertz CT molecular complexity index is 1200. The summed E-state index contributed by atoms with van der Waals surface area (Å²) in [5, 5.41) is 21.2. The molecule has 10 heteroatoms. The molecule has 0 unspecified atom stereocenters. The maximum Gasteiger partial charge on any atom is 0.239 e. The van der Waals surface area contributed by atoms with Crippen molar-refractivity contribution in [1.82, 2.24) is 20.9 Å². The van der Waals surface area contributed by atoms with Crippen LogP contribution < -0.4 is 16.0 Å². The highest BCUT2D eigenvalue weighted by Crippen LogP contribution is 2.39. The zero-order valence-electron chi connectivity index (χ0n) is 28.2. The van der Waals surface area contributed by atoms with Crippen molar-refractivity contribution in [2.24, 2.45) is 17.8 Å². The Hall–Kier alpha value is -2.01. The predicted octanol–water partition coefficient (Wildman–Crippen LogP) is 3.31. The summed E-state index contributed by atoms with van der Waals surface area (Å²) >= 11 is 0. The van der Waals surface area contributed by atoms with Gasteiger partial charge in [0, 0.05) is 24.9 Å². The number of carbonyl (C=O) groups excluding carboxylic acids is 2. The second-order valence-corrected chi connectivity index (χ2v) is 17.8. The number of hydrogen-bond donors (Lipinski definition) is 4. The Morgan fingerprint density at radius 1 is 1.02 bits per heavy atom. The van der Waals surface area contributed by atoms with Gasteiger partial charge in [-0.05, 0) is 83.7 Å². The Balaban J connectivity index is 1.90. The molecular weight excluding hydrogens is 576 g/mol. The molecule has 1 heterocycles. The topological polar surface area (TPSA) is 128 Å². The van der Waals surface area contributed by atoms with Crippen LogP contribution in [0.1, 0.15) is 86.1 Å². The molecule has 1 aliphatic heterocycles. The molecule has 1 aromatic carbocycles. The highest BCUT2D eigenvalue weighted by Gasteiger charge is 2.45. The number of nitrogens with zero attached hydrogens (tertiary/aromatic N) is 1. The molecule has 1 aliphatic carbocycles. The summed E-state index contributed by atoms with van der Waals surface area (Å²) in [5.41, 5.74) is 0.567. The van der Waals surface area contributed by atoms with E-state index in [-0.39, 0.29) is 30.0 Å². The molecule has 0 aromatic heterocycles. The van der Waals surface area contributed by atoms with E-state index >= 15 is 0 Å². The summed E-state index contributed by atoms with van der Waals surface area (Å²) in [7, 11) is -3.61. The molecule has 2 aliphatic rings. The van der Waals surface area contributed by atoms with Crippen LogP contribution in [0.15, 0.2) is 30.3 Å². The van der Waals surface area contributed by atoms with Crippen LogP contribution in [0.2, 0.25) is 0 Å². The van der Waals surface area contributed by atoms with E-state index < -0.39 is 38.7 Å². The Morgan fingerprint density at radius 2 is 1.64 bits per heavy atom. The lowest BCUT2D eigenvalue weighted by Gasteiger charge is -2.47.